The molecule has 0 saturated heterocycles. The first-order chi connectivity index (χ1) is 9.08. The molecule has 0 amide bonds. The molecule has 0 aromatic heterocycles. The maximum atomic E-state index is 5.91. The summed E-state index contributed by atoms with van der Waals surface area (Å²) in [5, 5.41) is 0.851. The maximum absolute atomic E-state index is 5.91. The molecule has 2 heteroatoms. The van der Waals surface area contributed by atoms with Gasteiger partial charge in [0.1, 0.15) is 0 Å². The van der Waals surface area contributed by atoms with Crippen LogP contribution in [0.3, 0.4) is 0 Å². The first kappa shape index (κ1) is 17.7. The Morgan fingerprint density at radius 3 is 2.26 bits per heavy atom. The van der Waals surface area contributed by atoms with Crippen LogP contribution in [0, 0.1) is 0 Å². The molecule has 1 aromatic rings. The summed E-state index contributed by atoms with van der Waals surface area (Å²) in [4.78, 5) is 2.32. The Morgan fingerprint density at radius 1 is 1.16 bits per heavy atom. The third-order valence-corrected chi connectivity index (χ3v) is 2.77. The molecule has 2 rings (SSSR count). The molecule has 0 aliphatic carbocycles. The largest absolute Gasteiger partial charge is 0.302 e. The zero-order valence-electron chi connectivity index (χ0n) is 12.0. The lowest BCUT2D eigenvalue weighted by Crippen LogP contribution is -2.26. The van der Waals surface area contributed by atoms with E-state index in [2.05, 4.69) is 43.8 Å². The topological polar surface area (TPSA) is 3.24 Å². The fourth-order valence-corrected chi connectivity index (χ4v) is 1.86. The van der Waals surface area contributed by atoms with Crippen molar-refractivity contribution < 1.29 is 0 Å². The number of benzene rings is 1. The van der Waals surface area contributed by atoms with Gasteiger partial charge in [-0.3, -0.25) is 0 Å². The number of hydrogen-bond acceptors (Lipinski definition) is 1. The molecule has 0 saturated carbocycles. The van der Waals surface area contributed by atoms with E-state index in [0.29, 0.717) is 0 Å². The minimum Gasteiger partial charge on any atom is -0.302 e. The average molecular weight is 278 g/mol. The lowest BCUT2D eigenvalue weighted by molar-refractivity contribution is 0.313. The Kier molecular flexibility index (Phi) is 9.87. The smallest absolute Gasteiger partial charge is 0.0409 e. The number of fused-ring (bicyclic) bond motifs is 1. The SMILES string of the molecule is C=CC.C=CC=C.CN1CCc2ccc(Cl)cc2C1. The van der Waals surface area contributed by atoms with Crippen molar-refractivity contribution in [2.24, 2.45) is 0 Å². The van der Waals surface area contributed by atoms with E-state index in [1.54, 1.807) is 18.2 Å². The highest BCUT2D eigenvalue weighted by Crippen LogP contribution is 2.21. The molecule has 1 heterocycles. The Morgan fingerprint density at radius 2 is 1.74 bits per heavy atom. The molecule has 0 atom stereocenters. The van der Waals surface area contributed by atoms with E-state index in [1.165, 1.54) is 11.1 Å². The van der Waals surface area contributed by atoms with Crippen molar-refractivity contribution in [1.82, 2.24) is 4.90 Å². The maximum Gasteiger partial charge on any atom is 0.0409 e. The Labute approximate surface area is 122 Å². The van der Waals surface area contributed by atoms with Crippen molar-refractivity contribution in [3.8, 4) is 0 Å². The second-order valence-electron chi connectivity index (χ2n) is 4.28. The number of hydrogen-bond donors (Lipinski definition) is 0. The third-order valence-electron chi connectivity index (χ3n) is 2.54. The number of likely N-dealkylation sites (N-methyl/N-ethyl adjacent to an activating group) is 1. The number of nitrogens with zero attached hydrogens (tertiary/aromatic N) is 1. The normalized spacial score (nSPS) is 12.8. The second kappa shape index (κ2) is 10.6. The van der Waals surface area contributed by atoms with Crippen molar-refractivity contribution in [1.29, 1.82) is 0 Å². The summed E-state index contributed by atoms with van der Waals surface area (Å²) in [6.45, 7) is 14.2. The number of allylic oxidation sites excluding steroid dienone is 3. The average Bonchev–Trinajstić information content (AvgIpc) is 2.39. The Balaban J connectivity index is 0.000000393. The van der Waals surface area contributed by atoms with Crippen LogP contribution in [0.2, 0.25) is 5.02 Å². The molecule has 0 radical (unpaired) electrons. The molecule has 0 N–H and O–H groups in total. The molecule has 1 aromatic carbocycles. The molecule has 1 nitrogen and oxygen atoms in total. The highest BCUT2D eigenvalue weighted by Gasteiger charge is 2.12. The van der Waals surface area contributed by atoms with Crippen LogP contribution in [0.4, 0.5) is 0 Å². The Hall–Kier alpha value is -1.31. The molecule has 0 spiro atoms. The first-order valence-corrected chi connectivity index (χ1v) is 6.73. The summed E-state index contributed by atoms with van der Waals surface area (Å²) in [6.07, 6.45) is 6.18. The summed E-state index contributed by atoms with van der Waals surface area (Å²) in [6, 6.07) is 6.20. The Bertz CT molecular complexity index is 404. The third kappa shape index (κ3) is 7.66. The molecule has 1 aliphatic heterocycles. The summed E-state index contributed by atoms with van der Waals surface area (Å²) in [5.74, 6) is 0. The van der Waals surface area contributed by atoms with E-state index in [-0.39, 0.29) is 0 Å². The minimum absolute atomic E-state index is 0.851. The van der Waals surface area contributed by atoms with E-state index in [9.17, 15) is 0 Å². The van der Waals surface area contributed by atoms with E-state index < -0.39 is 0 Å². The van der Waals surface area contributed by atoms with Gasteiger partial charge < -0.3 is 4.90 Å². The van der Waals surface area contributed by atoms with Crippen LogP contribution in [0.5, 0.6) is 0 Å². The summed E-state index contributed by atoms with van der Waals surface area (Å²) < 4.78 is 0. The molecule has 1 aliphatic rings. The lowest BCUT2D eigenvalue weighted by atomic mass is 10.0. The van der Waals surface area contributed by atoms with E-state index >= 15 is 0 Å². The summed E-state index contributed by atoms with van der Waals surface area (Å²) in [5.41, 5.74) is 2.84. The van der Waals surface area contributed by atoms with Crippen molar-refractivity contribution in [2.75, 3.05) is 13.6 Å². The van der Waals surface area contributed by atoms with E-state index in [1.807, 2.05) is 13.0 Å². The van der Waals surface area contributed by atoms with Gasteiger partial charge in [-0.1, -0.05) is 49.1 Å². The van der Waals surface area contributed by atoms with Crippen molar-refractivity contribution in [3.05, 3.63) is 72.3 Å². The molecule has 0 unspecified atom stereocenters. The quantitative estimate of drug-likeness (QED) is 0.522. The number of rotatable bonds is 1. The fraction of sp³-hybridized carbons (Fsp3) is 0.294. The molecular formula is C17H24ClN. The van der Waals surface area contributed by atoms with Gasteiger partial charge in [0.25, 0.3) is 0 Å². The van der Waals surface area contributed by atoms with Crippen LogP contribution in [-0.2, 0) is 13.0 Å². The van der Waals surface area contributed by atoms with E-state index in [0.717, 1.165) is 24.5 Å². The fourth-order valence-electron chi connectivity index (χ4n) is 1.67. The predicted molar refractivity (Wildman–Crippen MR) is 87.8 cm³/mol. The van der Waals surface area contributed by atoms with Gasteiger partial charge in [0, 0.05) is 18.1 Å². The summed E-state index contributed by atoms with van der Waals surface area (Å²) >= 11 is 5.91. The number of halogens is 1. The van der Waals surface area contributed by atoms with E-state index in [4.69, 9.17) is 11.6 Å². The minimum atomic E-state index is 0.851. The first-order valence-electron chi connectivity index (χ1n) is 6.35. The molecule has 0 bridgehead atoms. The van der Waals surface area contributed by atoms with Gasteiger partial charge in [0.2, 0.25) is 0 Å². The van der Waals surface area contributed by atoms with Gasteiger partial charge in [-0.2, -0.15) is 0 Å². The highest BCUT2D eigenvalue weighted by molar-refractivity contribution is 6.30. The second-order valence-corrected chi connectivity index (χ2v) is 4.72. The highest BCUT2D eigenvalue weighted by atomic mass is 35.5. The zero-order valence-corrected chi connectivity index (χ0v) is 12.8. The monoisotopic (exact) mass is 277 g/mol. The lowest BCUT2D eigenvalue weighted by Gasteiger charge is -2.24. The van der Waals surface area contributed by atoms with Crippen LogP contribution in [0.15, 0.2) is 56.2 Å². The van der Waals surface area contributed by atoms with Crippen molar-refractivity contribution in [2.45, 2.75) is 19.9 Å². The molecular weight excluding hydrogens is 254 g/mol. The van der Waals surface area contributed by atoms with Crippen LogP contribution >= 0.6 is 11.6 Å². The van der Waals surface area contributed by atoms with Crippen molar-refractivity contribution in [3.63, 3.8) is 0 Å². The molecule has 104 valence electrons. The van der Waals surface area contributed by atoms with Gasteiger partial charge >= 0.3 is 0 Å². The van der Waals surface area contributed by atoms with Gasteiger partial charge in [0.05, 0.1) is 0 Å². The van der Waals surface area contributed by atoms with Crippen LogP contribution in [-0.4, -0.2) is 18.5 Å². The van der Waals surface area contributed by atoms with Gasteiger partial charge in [-0.05, 0) is 43.7 Å². The van der Waals surface area contributed by atoms with Gasteiger partial charge in [-0.15, -0.1) is 6.58 Å². The van der Waals surface area contributed by atoms with Crippen LogP contribution in [0.25, 0.3) is 0 Å². The van der Waals surface area contributed by atoms with Gasteiger partial charge in [-0.25, -0.2) is 0 Å². The predicted octanol–water partition coefficient (Wildman–Crippen LogP) is 4.88. The van der Waals surface area contributed by atoms with Crippen LogP contribution in [0.1, 0.15) is 18.1 Å². The molecule has 19 heavy (non-hydrogen) atoms. The van der Waals surface area contributed by atoms with Crippen molar-refractivity contribution >= 4 is 11.6 Å². The van der Waals surface area contributed by atoms with Gasteiger partial charge in [0.15, 0.2) is 0 Å². The standard InChI is InChI=1S/C10H12ClN.C4H6.C3H6/c1-12-5-4-8-2-3-10(11)6-9(8)7-12;1-3-4-2;1-3-2/h2-3,6H,4-5,7H2,1H3;3-4H,1-2H2;3H,1H2,2H3. The van der Waals surface area contributed by atoms with Crippen LogP contribution < -0.4 is 0 Å². The molecule has 0 fully saturated rings. The summed E-state index contributed by atoms with van der Waals surface area (Å²) in [7, 11) is 2.14. The zero-order chi connectivity index (χ0) is 14.7.